The summed E-state index contributed by atoms with van der Waals surface area (Å²) in [5, 5.41) is 3.49. The third kappa shape index (κ3) is 2.07. The Morgan fingerprint density at radius 3 is 2.57 bits per heavy atom. The number of aromatic amines is 1. The number of amides is 1. The predicted molar refractivity (Wildman–Crippen MR) is 88.5 cm³/mol. The van der Waals surface area contributed by atoms with E-state index in [2.05, 4.69) is 10.3 Å². The van der Waals surface area contributed by atoms with Gasteiger partial charge in [0.1, 0.15) is 4.91 Å². The van der Waals surface area contributed by atoms with E-state index < -0.39 is 15.7 Å². The first kappa shape index (κ1) is 13.8. The maximum atomic E-state index is 12.7. The van der Waals surface area contributed by atoms with E-state index in [-0.39, 0.29) is 9.80 Å². The fourth-order valence-electron chi connectivity index (χ4n) is 2.73. The van der Waals surface area contributed by atoms with Gasteiger partial charge in [-0.15, -0.1) is 0 Å². The number of carbonyl (C=O) groups excluding carboxylic acids is 1. The van der Waals surface area contributed by atoms with Gasteiger partial charge in [0, 0.05) is 22.7 Å². The van der Waals surface area contributed by atoms with Crippen molar-refractivity contribution in [2.45, 2.75) is 4.90 Å². The highest BCUT2D eigenvalue weighted by molar-refractivity contribution is 7.96. The predicted octanol–water partition coefficient (Wildman–Crippen LogP) is 2.93. The second-order valence-corrected chi connectivity index (χ2v) is 7.14. The SMILES string of the molecule is O=C1Nc2ccccc2S(=O)(=O)/C1=C/c1c[nH]c2ccccc12. The number of benzene rings is 2. The molecule has 0 saturated heterocycles. The van der Waals surface area contributed by atoms with E-state index in [4.69, 9.17) is 0 Å². The Balaban J connectivity index is 1.94. The zero-order chi connectivity index (χ0) is 16.0. The Kier molecular flexibility index (Phi) is 2.89. The zero-order valence-electron chi connectivity index (χ0n) is 11.9. The van der Waals surface area contributed by atoms with Crippen molar-refractivity contribution in [3.63, 3.8) is 0 Å². The van der Waals surface area contributed by atoms with Crippen LogP contribution in [0.4, 0.5) is 5.69 Å². The molecule has 23 heavy (non-hydrogen) atoms. The standard InChI is InChI=1S/C17H12N2O3S/c20-17-16(9-11-10-18-13-6-2-1-5-12(11)13)23(21,22)15-8-4-3-7-14(15)19-17/h1-10,18H,(H,19,20)/b16-9+. The highest BCUT2D eigenvalue weighted by Crippen LogP contribution is 2.34. The van der Waals surface area contributed by atoms with Gasteiger partial charge in [0.15, 0.2) is 0 Å². The van der Waals surface area contributed by atoms with Crippen molar-refractivity contribution in [3.8, 4) is 0 Å². The molecule has 6 heteroatoms. The zero-order valence-corrected chi connectivity index (χ0v) is 12.7. The summed E-state index contributed by atoms with van der Waals surface area (Å²) < 4.78 is 25.5. The minimum absolute atomic E-state index is 0.116. The summed E-state index contributed by atoms with van der Waals surface area (Å²) in [6.07, 6.45) is 3.11. The maximum Gasteiger partial charge on any atom is 0.267 e. The Bertz CT molecular complexity index is 1080. The number of para-hydroxylation sites is 2. The van der Waals surface area contributed by atoms with Gasteiger partial charge in [-0.1, -0.05) is 30.3 Å². The van der Waals surface area contributed by atoms with E-state index in [0.29, 0.717) is 11.3 Å². The van der Waals surface area contributed by atoms with Crippen LogP contribution in [-0.2, 0) is 14.6 Å². The van der Waals surface area contributed by atoms with Gasteiger partial charge < -0.3 is 10.3 Å². The van der Waals surface area contributed by atoms with Gasteiger partial charge in [-0.25, -0.2) is 8.42 Å². The van der Waals surface area contributed by atoms with E-state index in [9.17, 15) is 13.2 Å². The first-order chi connectivity index (χ1) is 11.1. The molecule has 2 aromatic carbocycles. The Morgan fingerprint density at radius 2 is 1.70 bits per heavy atom. The lowest BCUT2D eigenvalue weighted by Gasteiger charge is -2.19. The minimum atomic E-state index is -3.84. The van der Waals surface area contributed by atoms with Gasteiger partial charge in [0.05, 0.1) is 10.6 Å². The number of rotatable bonds is 1. The summed E-state index contributed by atoms with van der Waals surface area (Å²) in [6.45, 7) is 0. The monoisotopic (exact) mass is 324 g/mol. The molecule has 0 radical (unpaired) electrons. The molecule has 0 fully saturated rings. The average molecular weight is 324 g/mol. The molecule has 1 aliphatic rings. The normalized spacial score (nSPS) is 17.9. The summed E-state index contributed by atoms with van der Waals surface area (Å²) in [4.78, 5) is 15.2. The van der Waals surface area contributed by atoms with Gasteiger partial charge in [-0.2, -0.15) is 0 Å². The average Bonchev–Trinajstić information content (AvgIpc) is 2.95. The third-order valence-corrected chi connectivity index (χ3v) is 5.66. The summed E-state index contributed by atoms with van der Waals surface area (Å²) in [6, 6.07) is 13.9. The fraction of sp³-hybridized carbons (Fsp3) is 0. The largest absolute Gasteiger partial charge is 0.361 e. The number of sulfone groups is 1. The van der Waals surface area contributed by atoms with Crippen molar-refractivity contribution in [1.29, 1.82) is 0 Å². The lowest BCUT2D eigenvalue weighted by molar-refractivity contribution is -0.112. The number of anilines is 1. The molecule has 3 aromatic rings. The Hall–Kier alpha value is -2.86. The fourth-order valence-corrected chi connectivity index (χ4v) is 4.21. The van der Waals surface area contributed by atoms with Crippen molar-refractivity contribution in [3.05, 3.63) is 65.2 Å². The highest BCUT2D eigenvalue weighted by atomic mass is 32.2. The molecule has 5 nitrogen and oxygen atoms in total. The van der Waals surface area contributed by atoms with Crippen LogP contribution in [0, 0.1) is 0 Å². The number of fused-ring (bicyclic) bond motifs is 2. The lowest BCUT2D eigenvalue weighted by Crippen LogP contribution is -2.27. The van der Waals surface area contributed by atoms with Crippen molar-refractivity contribution < 1.29 is 13.2 Å². The summed E-state index contributed by atoms with van der Waals surface area (Å²) in [5.41, 5.74) is 1.86. The first-order valence-corrected chi connectivity index (χ1v) is 8.49. The van der Waals surface area contributed by atoms with Crippen molar-refractivity contribution in [2.75, 3.05) is 5.32 Å². The summed E-state index contributed by atoms with van der Waals surface area (Å²) in [5.74, 6) is -0.617. The topological polar surface area (TPSA) is 79.0 Å². The van der Waals surface area contributed by atoms with Crippen LogP contribution >= 0.6 is 0 Å². The van der Waals surface area contributed by atoms with Crippen LogP contribution in [0.5, 0.6) is 0 Å². The molecular weight excluding hydrogens is 312 g/mol. The van der Waals surface area contributed by atoms with Gasteiger partial charge in [0.2, 0.25) is 9.84 Å². The van der Waals surface area contributed by atoms with Crippen LogP contribution in [0.3, 0.4) is 0 Å². The van der Waals surface area contributed by atoms with Gasteiger partial charge in [-0.3, -0.25) is 4.79 Å². The molecule has 0 spiro atoms. The first-order valence-electron chi connectivity index (χ1n) is 7.01. The van der Waals surface area contributed by atoms with Crippen molar-refractivity contribution >= 4 is 38.4 Å². The summed E-state index contributed by atoms with van der Waals surface area (Å²) in [7, 11) is -3.84. The quantitative estimate of drug-likeness (QED) is 0.676. The molecular formula is C17H12N2O3S. The summed E-state index contributed by atoms with van der Waals surface area (Å²) >= 11 is 0. The Morgan fingerprint density at radius 1 is 0.957 bits per heavy atom. The Labute approximate surface area is 132 Å². The van der Waals surface area contributed by atoms with Crippen LogP contribution in [0.1, 0.15) is 5.56 Å². The molecule has 0 atom stereocenters. The number of H-pyrrole nitrogens is 1. The van der Waals surface area contributed by atoms with E-state index >= 15 is 0 Å². The molecule has 114 valence electrons. The molecule has 1 amide bonds. The molecule has 0 bridgehead atoms. The van der Waals surface area contributed by atoms with E-state index in [1.54, 1.807) is 24.4 Å². The van der Waals surface area contributed by atoms with Crippen LogP contribution in [0.2, 0.25) is 0 Å². The van der Waals surface area contributed by atoms with E-state index in [1.807, 2.05) is 24.3 Å². The molecule has 1 aliphatic heterocycles. The highest BCUT2D eigenvalue weighted by Gasteiger charge is 2.34. The van der Waals surface area contributed by atoms with E-state index in [1.165, 1.54) is 12.1 Å². The number of hydrogen-bond donors (Lipinski definition) is 2. The van der Waals surface area contributed by atoms with Gasteiger partial charge >= 0.3 is 0 Å². The van der Waals surface area contributed by atoms with E-state index in [0.717, 1.165) is 10.9 Å². The van der Waals surface area contributed by atoms with Crippen LogP contribution < -0.4 is 5.32 Å². The number of nitrogens with one attached hydrogen (secondary N) is 2. The van der Waals surface area contributed by atoms with Crippen LogP contribution in [0.15, 0.2) is 64.5 Å². The number of carbonyl (C=O) groups is 1. The minimum Gasteiger partial charge on any atom is -0.361 e. The molecule has 2 heterocycles. The van der Waals surface area contributed by atoms with Gasteiger partial charge in [-0.05, 0) is 24.3 Å². The van der Waals surface area contributed by atoms with Crippen LogP contribution in [0.25, 0.3) is 17.0 Å². The van der Waals surface area contributed by atoms with Crippen molar-refractivity contribution in [1.82, 2.24) is 4.98 Å². The molecule has 0 saturated carbocycles. The van der Waals surface area contributed by atoms with Crippen LogP contribution in [-0.4, -0.2) is 19.3 Å². The number of hydrogen-bond acceptors (Lipinski definition) is 3. The molecule has 0 aliphatic carbocycles. The second kappa shape index (κ2) is 4.82. The van der Waals surface area contributed by atoms with Gasteiger partial charge in [0.25, 0.3) is 5.91 Å². The second-order valence-electron chi connectivity index (χ2n) is 5.25. The smallest absolute Gasteiger partial charge is 0.267 e. The molecule has 1 aromatic heterocycles. The maximum absolute atomic E-state index is 12.7. The molecule has 2 N–H and O–H groups in total. The number of aromatic nitrogens is 1. The van der Waals surface area contributed by atoms with Crippen molar-refractivity contribution in [2.24, 2.45) is 0 Å². The third-order valence-electron chi connectivity index (χ3n) is 3.85. The molecule has 0 unspecified atom stereocenters. The molecule has 4 rings (SSSR count). The lowest BCUT2D eigenvalue weighted by atomic mass is 10.1.